The van der Waals surface area contributed by atoms with Crippen molar-refractivity contribution < 1.29 is 23.5 Å². The monoisotopic (exact) mass is 571 g/mol. The van der Waals surface area contributed by atoms with Gasteiger partial charge < -0.3 is 10.1 Å². The van der Waals surface area contributed by atoms with Crippen LogP contribution >= 0.6 is 46.4 Å². The summed E-state index contributed by atoms with van der Waals surface area (Å²) in [4.78, 5) is 44.4. The molecule has 4 unspecified atom stereocenters. The quantitative estimate of drug-likeness (QED) is 0.508. The second-order valence-electron chi connectivity index (χ2n) is 9.80. The van der Waals surface area contributed by atoms with E-state index in [-0.39, 0.29) is 44.5 Å². The zero-order valence-corrected chi connectivity index (χ0v) is 21.9. The fraction of sp³-hybridized carbons (Fsp3) is 0.375. The number of hydrogen-bond donors (Lipinski definition) is 1. The van der Waals surface area contributed by atoms with Gasteiger partial charge in [0.05, 0.1) is 45.4 Å². The largest absolute Gasteiger partial charge is 0.494 e. The third kappa shape index (κ3) is 2.93. The van der Waals surface area contributed by atoms with E-state index in [4.69, 9.17) is 51.1 Å². The number of halogens is 5. The van der Waals surface area contributed by atoms with E-state index in [0.717, 1.165) is 4.90 Å². The molecule has 4 aliphatic heterocycles. The highest BCUT2D eigenvalue weighted by atomic mass is 35.5. The number of ether oxygens (including phenoxy) is 1. The number of carbonyl (C=O) groups excluding carboxylic acids is 3. The average molecular weight is 573 g/mol. The number of fused-ring (bicyclic) bond motifs is 7. The Morgan fingerprint density at radius 3 is 2.33 bits per heavy atom. The van der Waals surface area contributed by atoms with Crippen molar-refractivity contribution in [3.63, 3.8) is 0 Å². The lowest BCUT2D eigenvalue weighted by atomic mass is 9.74. The normalized spacial score (nSPS) is 32.8. The van der Waals surface area contributed by atoms with Crippen LogP contribution in [0.15, 0.2) is 24.3 Å². The highest BCUT2D eigenvalue weighted by Crippen LogP contribution is 2.63. The van der Waals surface area contributed by atoms with E-state index in [9.17, 15) is 14.4 Å². The Hall–Kier alpha value is -2.10. The summed E-state index contributed by atoms with van der Waals surface area (Å²) in [6.07, 6.45) is -0.0240. The molecule has 2 aromatic carbocycles. The second kappa shape index (κ2) is 7.71. The number of amides is 3. The molecule has 1 spiro atoms. The first kappa shape index (κ1) is 24.2. The molecular weight excluding hydrogens is 555 g/mol. The molecule has 0 radical (unpaired) electrons. The van der Waals surface area contributed by atoms with Crippen LogP contribution in [0.3, 0.4) is 0 Å². The van der Waals surface area contributed by atoms with Gasteiger partial charge in [-0.3, -0.25) is 19.3 Å². The first-order valence-corrected chi connectivity index (χ1v) is 12.6. The van der Waals surface area contributed by atoms with Crippen LogP contribution in [0.5, 0.6) is 5.75 Å². The number of nitrogens with one attached hydrogen (secondary N) is 1. The maximum absolute atomic E-state index is 15.4. The molecular formula is C24H18Cl4FN3O4. The number of nitrogens with zero attached hydrogens (tertiary/aromatic N) is 2. The predicted octanol–water partition coefficient (Wildman–Crippen LogP) is 5.08. The smallest absolute Gasteiger partial charge is 0.250 e. The van der Waals surface area contributed by atoms with E-state index in [1.807, 2.05) is 0 Å². The van der Waals surface area contributed by atoms with Crippen molar-refractivity contribution in [2.75, 3.05) is 23.9 Å². The minimum Gasteiger partial charge on any atom is -0.494 e. The Balaban J connectivity index is 1.57. The Bertz CT molecular complexity index is 1380. The summed E-state index contributed by atoms with van der Waals surface area (Å²) in [6.45, 7) is 1.29. The predicted molar refractivity (Wildman–Crippen MR) is 134 cm³/mol. The molecule has 6 rings (SSSR count). The molecule has 188 valence electrons. The summed E-state index contributed by atoms with van der Waals surface area (Å²) in [5.74, 6) is -3.64. The van der Waals surface area contributed by atoms with Crippen molar-refractivity contribution in [1.82, 2.24) is 4.90 Å². The van der Waals surface area contributed by atoms with Crippen LogP contribution < -0.4 is 15.0 Å². The van der Waals surface area contributed by atoms with E-state index >= 15 is 4.39 Å². The first-order chi connectivity index (χ1) is 16.9. The Morgan fingerprint density at radius 1 is 1.03 bits per heavy atom. The number of anilines is 2. The van der Waals surface area contributed by atoms with Gasteiger partial charge in [-0.2, -0.15) is 0 Å². The number of hydrogen-bond acceptors (Lipinski definition) is 5. The Kier molecular flexibility index (Phi) is 5.19. The Morgan fingerprint density at radius 2 is 1.69 bits per heavy atom. The number of carbonyl (C=O) groups is 3. The zero-order valence-electron chi connectivity index (χ0n) is 18.9. The summed E-state index contributed by atoms with van der Waals surface area (Å²) < 4.78 is 20.6. The highest BCUT2D eigenvalue weighted by Gasteiger charge is 2.76. The van der Waals surface area contributed by atoms with Gasteiger partial charge in [-0.25, -0.2) is 9.29 Å². The van der Waals surface area contributed by atoms with Crippen LogP contribution in [0, 0.1) is 11.8 Å². The zero-order chi connectivity index (χ0) is 25.9. The van der Waals surface area contributed by atoms with Gasteiger partial charge in [-0.15, -0.1) is 0 Å². The average Bonchev–Trinajstić information content (AvgIpc) is 3.41. The van der Waals surface area contributed by atoms with Crippen LogP contribution in [0.4, 0.5) is 15.8 Å². The molecule has 3 amide bonds. The molecule has 4 aliphatic rings. The van der Waals surface area contributed by atoms with Gasteiger partial charge in [0.1, 0.15) is 11.2 Å². The Labute approximate surface area is 225 Å². The summed E-state index contributed by atoms with van der Waals surface area (Å²) in [5.41, 5.74) is -2.55. The lowest BCUT2D eigenvalue weighted by Gasteiger charge is -2.37. The van der Waals surface area contributed by atoms with Crippen molar-refractivity contribution in [1.29, 1.82) is 0 Å². The van der Waals surface area contributed by atoms with Gasteiger partial charge in [-0.05, 0) is 37.6 Å². The fourth-order valence-corrected chi connectivity index (χ4v) is 7.71. The third-order valence-electron chi connectivity index (χ3n) is 7.70. The molecule has 0 bridgehead atoms. The molecule has 3 saturated heterocycles. The molecule has 5 atom stereocenters. The number of rotatable bonds is 2. The summed E-state index contributed by atoms with van der Waals surface area (Å²) in [7, 11) is 1.39. The summed E-state index contributed by atoms with van der Waals surface area (Å²) in [6, 6.07) is 5.12. The van der Waals surface area contributed by atoms with Crippen LogP contribution in [0.1, 0.15) is 18.9 Å². The third-order valence-corrected chi connectivity index (χ3v) is 8.78. The minimum atomic E-state index is -1.68. The van der Waals surface area contributed by atoms with Crippen LogP contribution in [0.25, 0.3) is 0 Å². The van der Waals surface area contributed by atoms with Gasteiger partial charge in [-0.1, -0.05) is 46.4 Å². The summed E-state index contributed by atoms with van der Waals surface area (Å²) >= 11 is 25.3. The molecule has 1 N–H and O–H groups in total. The van der Waals surface area contributed by atoms with Crippen molar-refractivity contribution in [3.05, 3.63) is 49.9 Å². The van der Waals surface area contributed by atoms with Gasteiger partial charge in [0, 0.05) is 23.2 Å². The number of imide groups is 1. The van der Waals surface area contributed by atoms with Gasteiger partial charge in [0.25, 0.3) is 5.91 Å². The molecule has 36 heavy (non-hydrogen) atoms. The van der Waals surface area contributed by atoms with Crippen molar-refractivity contribution >= 4 is 75.5 Å². The van der Waals surface area contributed by atoms with Gasteiger partial charge >= 0.3 is 0 Å². The summed E-state index contributed by atoms with van der Waals surface area (Å²) in [5, 5.41) is 3.41. The lowest BCUT2D eigenvalue weighted by molar-refractivity contribution is -0.135. The maximum Gasteiger partial charge on any atom is 0.250 e. The number of alkyl halides is 1. The van der Waals surface area contributed by atoms with Gasteiger partial charge in [0.15, 0.2) is 5.75 Å². The lowest BCUT2D eigenvalue weighted by Crippen LogP contribution is -2.55. The van der Waals surface area contributed by atoms with Crippen LogP contribution in [-0.4, -0.2) is 48.0 Å². The molecule has 2 aromatic rings. The topological polar surface area (TPSA) is 79.0 Å². The van der Waals surface area contributed by atoms with E-state index in [1.54, 1.807) is 11.0 Å². The van der Waals surface area contributed by atoms with Crippen LogP contribution in [0.2, 0.25) is 20.1 Å². The molecule has 7 nitrogen and oxygen atoms in total. The molecule has 3 fully saturated rings. The van der Waals surface area contributed by atoms with E-state index in [0.29, 0.717) is 11.3 Å². The molecule has 0 saturated carbocycles. The fourth-order valence-electron chi connectivity index (χ4n) is 6.54. The maximum atomic E-state index is 15.4. The highest BCUT2D eigenvalue weighted by molar-refractivity contribution is 6.39. The van der Waals surface area contributed by atoms with Crippen molar-refractivity contribution in [2.24, 2.45) is 11.8 Å². The van der Waals surface area contributed by atoms with Crippen molar-refractivity contribution in [2.45, 2.75) is 30.6 Å². The minimum absolute atomic E-state index is 0.0240. The van der Waals surface area contributed by atoms with E-state index < -0.39 is 46.8 Å². The first-order valence-electron chi connectivity index (χ1n) is 11.1. The second-order valence-corrected chi connectivity index (χ2v) is 11.5. The number of methoxy groups -OCH3 is 1. The number of benzene rings is 2. The van der Waals surface area contributed by atoms with Crippen LogP contribution in [-0.2, 0) is 19.9 Å². The molecule has 4 heterocycles. The van der Waals surface area contributed by atoms with Crippen molar-refractivity contribution in [3.8, 4) is 5.75 Å². The van der Waals surface area contributed by atoms with Gasteiger partial charge in [0.2, 0.25) is 11.8 Å². The standard InChI is InChI=1S/C24H18Cl4FN3O4/c1-23(29)7-15-16-17(21(34)32(20(16)33)10-5-13(27)19(36-2)14(28)6-10)24(31(15)8-23)11-3-9(25)4-12(26)18(11)30-22(24)35/h3-6,15-17H,7-8H2,1-2H3,(H,30,35)/t15?,16?,17?,23-,24?/m1/s1. The molecule has 0 aromatic heterocycles. The SMILES string of the molecule is COc1c(Cl)cc(N2C(=O)C3C4C[C@@](C)(F)CN4C4(C(=O)Nc5c(Cl)cc(Cl)cc54)C3C2=O)cc1Cl. The van der Waals surface area contributed by atoms with E-state index in [1.165, 1.54) is 32.2 Å². The molecule has 12 heteroatoms. The molecule has 0 aliphatic carbocycles. The van der Waals surface area contributed by atoms with E-state index in [2.05, 4.69) is 5.32 Å².